The lowest BCUT2D eigenvalue weighted by Gasteiger charge is -2.27. The molecule has 0 spiro atoms. The zero-order valence-corrected chi connectivity index (χ0v) is 18.9. The normalized spacial score (nSPS) is 20.4. The van der Waals surface area contributed by atoms with E-state index in [1.807, 2.05) is 37.3 Å². The summed E-state index contributed by atoms with van der Waals surface area (Å²) in [5.41, 5.74) is 3.94. The lowest BCUT2D eigenvalue weighted by molar-refractivity contribution is 0.441. The number of hydrogen-bond acceptors (Lipinski definition) is 6. The molecule has 0 bridgehead atoms. The van der Waals surface area contributed by atoms with Gasteiger partial charge in [0, 0.05) is 23.2 Å². The maximum absolute atomic E-state index is 5.80. The summed E-state index contributed by atoms with van der Waals surface area (Å²) in [5, 5.41) is 17.9. The molecular formula is C23H23ClN8O. The molecule has 3 aromatic rings. The topological polar surface area (TPSA) is 112 Å². The van der Waals surface area contributed by atoms with Crippen molar-refractivity contribution in [2.75, 3.05) is 5.32 Å². The minimum atomic E-state index is -0.207. The van der Waals surface area contributed by atoms with Crippen molar-refractivity contribution in [2.24, 2.45) is 4.99 Å². The van der Waals surface area contributed by atoms with Crippen molar-refractivity contribution in [3.63, 3.8) is 0 Å². The molecule has 1 atom stereocenters. The Morgan fingerprint density at radius 3 is 2.73 bits per heavy atom. The fraction of sp³-hybridized carbons (Fsp3) is 0.217. The molecule has 2 aliphatic rings. The van der Waals surface area contributed by atoms with E-state index in [1.54, 1.807) is 0 Å². The van der Waals surface area contributed by atoms with Gasteiger partial charge in [-0.25, -0.2) is 15.0 Å². The molecule has 10 heteroatoms. The summed E-state index contributed by atoms with van der Waals surface area (Å²) in [4.78, 5) is 12.8. The molecule has 1 unspecified atom stereocenters. The van der Waals surface area contributed by atoms with Gasteiger partial charge in [0.2, 0.25) is 0 Å². The van der Waals surface area contributed by atoms with Crippen molar-refractivity contribution in [2.45, 2.75) is 32.4 Å². The molecule has 1 aromatic carbocycles. The lowest BCUT2D eigenvalue weighted by Crippen LogP contribution is -2.40. The van der Waals surface area contributed by atoms with Gasteiger partial charge in [-0.15, -0.1) is 0 Å². The predicted octanol–water partition coefficient (Wildman–Crippen LogP) is 4.04. The number of fused-ring (bicyclic) bond motifs is 1. The molecule has 4 N–H and O–H groups in total. The largest absolute Gasteiger partial charge is 0.424 e. The maximum Gasteiger partial charge on any atom is 0.321 e. The molecule has 0 amide bonds. The van der Waals surface area contributed by atoms with Crippen LogP contribution in [-0.2, 0) is 6.54 Å². The minimum absolute atomic E-state index is 0.207. The highest BCUT2D eigenvalue weighted by atomic mass is 35.5. The van der Waals surface area contributed by atoms with Gasteiger partial charge in [-0.3, -0.25) is 5.10 Å². The zero-order chi connectivity index (χ0) is 22.8. The van der Waals surface area contributed by atoms with E-state index in [1.165, 1.54) is 12.4 Å². The van der Waals surface area contributed by atoms with Crippen LogP contribution in [0.2, 0.25) is 5.02 Å². The maximum atomic E-state index is 5.80. The van der Waals surface area contributed by atoms with Gasteiger partial charge in [0.05, 0.1) is 29.5 Å². The van der Waals surface area contributed by atoms with E-state index in [9.17, 15) is 0 Å². The van der Waals surface area contributed by atoms with Crippen LogP contribution < -0.4 is 20.7 Å². The van der Waals surface area contributed by atoms with Crippen LogP contribution in [0.5, 0.6) is 11.8 Å². The third kappa shape index (κ3) is 4.83. The van der Waals surface area contributed by atoms with Gasteiger partial charge in [-0.1, -0.05) is 29.8 Å². The molecule has 0 saturated carbocycles. The first-order valence-electron chi connectivity index (χ1n) is 10.5. The molecule has 9 nitrogen and oxygen atoms in total. The molecule has 168 valence electrons. The standard InChI is InChI=1S/C23H23ClN8O/c1-14-9-20(32-31-14)28-17-7-8-23(2)19(10-17)29-21(30-23)25-11-15-3-5-18(6-4-15)33-22-26-12-16(24)13-27-22/h3-7,9-10,12-13H,8,11H2,1-2H3,(H2,25,29,30)(H2,28,31,32). The first-order valence-corrected chi connectivity index (χ1v) is 10.9. The summed E-state index contributed by atoms with van der Waals surface area (Å²) >= 11 is 5.80. The van der Waals surface area contributed by atoms with Gasteiger partial charge in [0.1, 0.15) is 5.75 Å². The molecule has 5 rings (SSSR count). The van der Waals surface area contributed by atoms with Crippen LogP contribution in [0, 0.1) is 6.92 Å². The Kier molecular flexibility index (Phi) is 5.47. The summed E-state index contributed by atoms with van der Waals surface area (Å²) in [6, 6.07) is 9.89. The summed E-state index contributed by atoms with van der Waals surface area (Å²) in [6.45, 7) is 4.66. The van der Waals surface area contributed by atoms with Crippen LogP contribution in [0.1, 0.15) is 24.6 Å². The van der Waals surface area contributed by atoms with E-state index in [0.717, 1.165) is 40.8 Å². The Hall–Kier alpha value is -3.85. The Bertz CT molecular complexity index is 1250. The third-order valence-electron chi connectivity index (χ3n) is 5.40. The second-order valence-electron chi connectivity index (χ2n) is 8.16. The summed E-state index contributed by atoms with van der Waals surface area (Å²) in [6.07, 6.45) is 8.07. The van der Waals surface area contributed by atoms with E-state index >= 15 is 0 Å². The first kappa shape index (κ1) is 21.0. The van der Waals surface area contributed by atoms with Crippen molar-refractivity contribution in [3.05, 3.63) is 82.6 Å². The van der Waals surface area contributed by atoms with Crippen LogP contribution in [0.15, 0.2) is 71.3 Å². The minimum Gasteiger partial charge on any atom is -0.424 e. The van der Waals surface area contributed by atoms with Gasteiger partial charge < -0.3 is 20.7 Å². The smallest absolute Gasteiger partial charge is 0.321 e. The number of guanidine groups is 1. The average Bonchev–Trinajstić information content (AvgIpc) is 3.36. The molecule has 33 heavy (non-hydrogen) atoms. The van der Waals surface area contributed by atoms with Crippen molar-refractivity contribution in [3.8, 4) is 11.8 Å². The highest BCUT2D eigenvalue weighted by molar-refractivity contribution is 6.30. The molecule has 1 fully saturated rings. The van der Waals surface area contributed by atoms with Crippen molar-refractivity contribution >= 4 is 23.4 Å². The fourth-order valence-corrected chi connectivity index (χ4v) is 3.70. The Balaban J connectivity index is 1.20. The SMILES string of the molecule is Cc1cc(NC2=CCC3(C)NC(=NCc4ccc(Oc5ncc(Cl)cn5)cc4)NC3=C2)n[nH]1. The molecule has 2 aromatic heterocycles. The van der Waals surface area contributed by atoms with E-state index in [2.05, 4.69) is 55.2 Å². The number of aliphatic imine (C=N–C) groups is 1. The van der Waals surface area contributed by atoms with Crippen molar-refractivity contribution in [1.29, 1.82) is 0 Å². The number of nitrogens with one attached hydrogen (secondary N) is 4. The predicted molar refractivity (Wildman–Crippen MR) is 127 cm³/mol. The number of hydrogen-bond donors (Lipinski definition) is 4. The highest BCUT2D eigenvalue weighted by Crippen LogP contribution is 2.30. The van der Waals surface area contributed by atoms with Crippen LogP contribution in [-0.4, -0.2) is 31.7 Å². The molecule has 1 aliphatic heterocycles. The fourth-order valence-electron chi connectivity index (χ4n) is 3.60. The average molecular weight is 463 g/mol. The number of nitrogens with zero attached hydrogens (tertiary/aromatic N) is 4. The number of anilines is 1. The number of ether oxygens (including phenoxy) is 1. The number of allylic oxidation sites excluding steroid dienone is 1. The summed E-state index contributed by atoms with van der Waals surface area (Å²) in [7, 11) is 0. The van der Waals surface area contributed by atoms with E-state index in [0.29, 0.717) is 17.3 Å². The van der Waals surface area contributed by atoms with Gasteiger partial charge in [-0.05, 0) is 44.0 Å². The number of H-pyrrole nitrogens is 1. The number of rotatable bonds is 6. The van der Waals surface area contributed by atoms with Crippen molar-refractivity contribution < 1.29 is 4.74 Å². The van der Waals surface area contributed by atoms with Gasteiger partial charge in [0.25, 0.3) is 0 Å². The number of aryl methyl sites for hydroxylation is 1. The zero-order valence-electron chi connectivity index (χ0n) is 18.2. The first-order chi connectivity index (χ1) is 15.9. The monoisotopic (exact) mass is 462 g/mol. The van der Waals surface area contributed by atoms with E-state index < -0.39 is 0 Å². The van der Waals surface area contributed by atoms with Crippen LogP contribution in [0.25, 0.3) is 0 Å². The number of halogens is 1. The Morgan fingerprint density at radius 2 is 2.00 bits per heavy atom. The summed E-state index contributed by atoms with van der Waals surface area (Å²) < 4.78 is 5.63. The number of aromatic amines is 1. The van der Waals surface area contributed by atoms with Crippen molar-refractivity contribution in [1.82, 2.24) is 30.8 Å². The second-order valence-corrected chi connectivity index (χ2v) is 8.60. The third-order valence-corrected chi connectivity index (χ3v) is 5.59. The number of benzene rings is 1. The van der Waals surface area contributed by atoms with Gasteiger partial charge in [-0.2, -0.15) is 5.10 Å². The second kappa shape index (κ2) is 8.59. The molecule has 0 radical (unpaired) electrons. The molecule has 3 heterocycles. The molecule has 1 saturated heterocycles. The Morgan fingerprint density at radius 1 is 1.21 bits per heavy atom. The van der Waals surface area contributed by atoms with Gasteiger partial charge >= 0.3 is 6.01 Å². The quantitative estimate of drug-likeness (QED) is 0.437. The van der Waals surface area contributed by atoms with E-state index in [-0.39, 0.29) is 11.5 Å². The van der Waals surface area contributed by atoms with Crippen LogP contribution >= 0.6 is 11.6 Å². The highest BCUT2D eigenvalue weighted by Gasteiger charge is 2.38. The Labute approximate surface area is 196 Å². The molecule has 1 aliphatic carbocycles. The molecular weight excluding hydrogens is 440 g/mol. The van der Waals surface area contributed by atoms with Crippen LogP contribution in [0.4, 0.5) is 5.82 Å². The summed E-state index contributed by atoms with van der Waals surface area (Å²) in [5.74, 6) is 2.20. The van der Waals surface area contributed by atoms with Gasteiger partial charge in [0.15, 0.2) is 11.8 Å². The lowest BCUT2D eigenvalue weighted by atomic mass is 9.90. The number of aromatic nitrogens is 4. The van der Waals surface area contributed by atoms with E-state index in [4.69, 9.17) is 21.3 Å². The van der Waals surface area contributed by atoms with Crippen LogP contribution in [0.3, 0.4) is 0 Å².